The zero-order valence-electron chi connectivity index (χ0n) is 8.34. The van der Waals surface area contributed by atoms with Crippen molar-refractivity contribution < 1.29 is 4.74 Å². The molecule has 2 heteroatoms. The Morgan fingerprint density at radius 1 is 1.58 bits per heavy atom. The van der Waals surface area contributed by atoms with E-state index < -0.39 is 0 Å². The van der Waals surface area contributed by atoms with Crippen molar-refractivity contribution in [3.63, 3.8) is 0 Å². The van der Waals surface area contributed by atoms with Crippen molar-refractivity contribution in [2.24, 2.45) is 10.9 Å². The van der Waals surface area contributed by atoms with Gasteiger partial charge < -0.3 is 4.74 Å². The normalized spacial score (nSPS) is 23.3. The van der Waals surface area contributed by atoms with E-state index in [0.29, 0.717) is 5.92 Å². The first-order chi connectivity index (χ1) is 5.72. The van der Waals surface area contributed by atoms with Crippen molar-refractivity contribution in [1.29, 1.82) is 0 Å². The molecular formula is C10H19NO. The fourth-order valence-corrected chi connectivity index (χ4v) is 1.45. The van der Waals surface area contributed by atoms with E-state index >= 15 is 0 Å². The number of rotatable bonds is 4. The highest BCUT2D eigenvalue weighted by atomic mass is 16.5. The van der Waals surface area contributed by atoms with Crippen LogP contribution in [0.4, 0.5) is 0 Å². The molecule has 1 unspecified atom stereocenters. The molecule has 0 fully saturated rings. The second-order valence-corrected chi connectivity index (χ2v) is 3.85. The molecule has 1 aliphatic heterocycles. The van der Waals surface area contributed by atoms with Gasteiger partial charge in [-0.1, -0.05) is 27.2 Å². The lowest BCUT2D eigenvalue weighted by Gasteiger charge is -2.02. The topological polar surface area (TPSA) is 21.6 Å². The second kappa shape index (κ2) is 4.61. The van der Waals surface area contributed by atoms with Gasteiger partial charge in [0.25, 0.3) is 0 Å². The molecule has 0 amide bonds. The van der Waals surface area contributed by atoms with Crippen LogP contribution < -0.4 is 0 Å². The minimum atomic E-state index is 0.170. The minimum absolute atomic E-state index is 0.170. The Morgan fingerprint density at radius 3 is 2.92 bits per heavy atom. The van der Waals surface area contributed by atoms with Crippen molar-refractivity contribution in [1.82, 2.24) is 0 Å². The third-order valence-corrected chi connectivity index (χ3v) is 1.95. The fourth-order valence-electron chi connectivity index (χ4n) is 1.45. The number of ether oxygens (including phenoxy) is 1. The van der Waals surface area contributed by atoms with E-state index in [4.69, 9.17) is 4.74 Å². The van der Waals surface area contributed by atoms with E-state index in [0.717, 1.165) is 25.9 Å². The van der Waals surface area contributed by atoms with Crippen molar-refractivity contribution in [3.8, 4) is 0 Å². The van der Waals surface area contributed by atoms with Gasteiger partial charge in [0.1, 0.15) is 6.23 Å². The molecule has 0 aromatic heterocycles. The highest BCUT2D eigenvalue weighted by molar-refractivity contribution is 5.87. The summed E-state index contributed by atoms with van der Waals surface area (Å²) >= 11 is 0. The van der Waals surface area contributed by atoms with Crippen molar-refractivity contribution >= 4 is 5.71 Å². The Kier molecular flexibility index (Phi) is 3.73. The fraction of sp³-hybridized carbons (Fsp3) is 0.900. The maximum atomic E-state index is 5.50. The number of nitrogens with zero attached hydrogens (tertiary/aromatic N) is 1. The molecule has 0 bridgehead atoms. The van der Waals surface area contributed by atoms with Crippen LogP contribution in [-0.2, 0) is 4.74 Å². The molecule has 0 saturated heterocycles. The third kappa shape index (κ3) is 2.94. The lowest BCUT2D eigenvalue weighted by Crippen LogP contribution is -2.05. The van der Waals surface area contributed by atoms with Crippen LogP contribution in [0.15, 0.2) is 4.99 Å². The van der Waals surface area contributed by atoms with Gasteiger partial charge in [-0.2, -0.15) is 0 Å². The van der Waals surface area contributed by atoms with Gasteiger partial charge in [0.15, 0.2) is 0 Å². The maximum Gasteiger partial charge on any atom is 0.148 e. The number of aliphatic imine (C=N–C) groups is 1. The lowest BCUT2D eigenvalue weighted by molar-refractivity contribution is 0.101. The first kappa shape index (κ1) is 9.72. The summed E-state index contributed by atoms with van der Waals surface area (Å²) in [6.07, 6.45) is 3.49. The predicted octanol–water partition coefficient (Wildman–Crippen LogP) is 2.63. The maximum absolute atomic E-state index is 5.50. The molecule has 0 aliphatic carbocycles. The summed E-state index contributed by atoms with van der Waals surface area (Å²) in [5, 5.41) is 0. The Labute approximate surface area is 75.0 Å². The highest BCUT2D eigenvalue weighted by Gasteiger charge is 2.16. The van der Waals surface area contributed by atoms with Gasteiger partial charge in [-0.05, 0) is 18.8 Å². The molecule has 12 heavy (non-hydrogen) atoms. The van der Waals surface area contributed by atoms with Gasteiger partial charge in [0, 0.05) is 5.71 Å². The zero-order chi connectivity index (χ0) is 8.97. The first-order valence-electron chi connectivity index (χ1n) is 4.89. The summed E-state index contributed by atoms with van der Waals surface area (Å²) < 4.78 is 5.50. The van der Waals surface area contributed by atoms with Crippen LogP contribution in [0.25, 0.3) is 0 Å². The molecule has 0 saturated carbocycles. The molecule has 0 aromatic carbocycles. The smallest absolute Gasteiger partial charge is 0.148 e. The molecule has 1 aliphatic rings. The summed E-state index contributed by atoms with van der Waals surface area (Å²) in [6, 6.07) is 0. The largest absolute Gasteiger partial charge is 0.351 e. The molecular weight excluding hydrogens is 150 g/mol. The monoisotopic (exact) mass is 169 g/mol. The van der Waals surface area contributed by atoms with Crippen LogP contribution in [0, 0.1) is 5.92 Å². The lowest BCUT2D eigenvalue weighted by atomic mass is 10.1. The van der Waals surface area contributed by atoms with Crippen LogP contribution in [0.3, 0.4) is 0 Å². The third-order valence-electron chi connectivity index (χ3n) is 1.95. The van der Waals surface area contributed by atoms with Gasteiger partial charge in [-0.25, -0.2) is 0 Å². The highest BCUT2D eigenvalue weighted by Crippen LogP contribution is 2.14. The van der Waals surface area contributed by atoms with Gasteiger partial charge >= 0.3 is 0 Å². The molecule has 2 nitrogen and oxygen atoms in total. The first-order valence-corrected chi connectivity index (χ1v) is 4.89. The van der Waals surface area contributed by atoms with E-state index in [9.17, 15) is 0 Å². The van der Waals surface area contributed by atoms with E-state index in [-0.39, 0.29) is 6.23 Å². The molecule has 70 valence electrons. The average molecular weight is 169 g/mol. The number of hydrogen-bond acceptors (Lipinski definition) is 2. The van der Waals surface area contributed by atoms with E-state index in [1.807, 2.05) is 0 Å². The van der Waals surface area contributed by atoms with Gasteiger partial charge in [0.2, 0.25) is 0 Å². The SMILES string of the molecule is CCCC1N=C(CC(C)C)CO1. The summed E-state index contributed by atoms with van der Waals surface area (Å²) in [7, 11) is 0. The van der Waals surface area contributed by atoms with Crippen molar-refractivity contribution in [3.05, 3.63) is 0 Å². The Hall–Kier alpha value is -0.370. The van der Waals surface area contributed by atoms with Crippen LogP contribution in [0.5, 0.6) is 0 Å². The average Bonchev–Trinajstić information content (AvgIpc) is 2.36. The predicted molar refractivity (Wildman–Crippen MR) is 51.5 cm³/mol. The standard InChI is InChI=1S/C10H19NO/c1-4-5-10-11-9(7-12-10)6-8(2)3/h8,10H,4-7H2,1-3H3. The summed E-state index contributed by atoms with van der Waals surface area (Å²) in [5.41, 5.74) is 1.25. The molecule has 0 spiro atoms. The van der Waals surface area contributed by atoms with E-state index in [2.05, 4.69) is 25.8 Å². The molecule has 0 aromatic rings. The van der Waals surface area contributed by atoms with Crippen molar-refractivity contribution in [2.75, 3.05) is 6.61 Å². The van der Waals surface area contributed by atoms with Crippen LogP contribution in [-0.4, -0.2) is 18.5 Å². The Morgan fingerprint density at radius 2 is 2.33 bits per heavy atom. The zero-order valence-corrected chi connectivity index (χ0v) is 8.34. The van der Waals surface area contributed by atoms with E-state index in [1.165, 1.54) is 5.71 Å². The van der Waals surface area contributed by atoms with Crippen LogP contribution in [0.1, 0.15) is 40.0 Å². The minimum Gasteiger partial charge on any atom is -0.351 e. The van der Waals surface area contributed by atoms with E-state index in [1.54, 1.807) is 0 Å². The Balaban J connectivity index is 2.32. The summed E-state index contributed by atoms with van der Waals surface area (Å²) in [4.78, 5) is 4.51. The molecule has 1 rings (SSSR count). The molecule has 0 N–H and O–H groups in total. The molecule has 1 atom stereocenters. The summed E-state index contributed by atoms with van der Waals surface area (Å²) in [5.74, 6) is 0.702. The second-order valence-electron chi connectivity index (χ2n) is 3.85. The van der Waals surface area contributed by atoms with Crippen molar-refractivity contribution in [2.45, 2.75) is 46.3 Å². The van der Waals surface area contributed by atoms with Crippen LogP contribution >= 0.6 is 0 Å². The summed E-state index contributed by atoms with van der Waals surface area (Å²) in [6.45, 7) is 7.37. The van der Waals surface area contributed by atoms with Gasteiger partial charge in [-0.15, -0.1) is 0 Å². The molecule has 0 radical (unpaired) electrons. The molecule has 1 heterocycles. The van der Waals surface area contributed by atoms with Gasteiger partial charge in [-0.3, -0.25) is 4.99 Å². The number of hydrogen-bond donors (Lipinski definition) is 0. The van der Waals surface area contributed by atoms with Crippen LogP contribution in [0.2, 0.25) is 0 Å². The quantitative estimate of drug-likeness (QED) is 0.634. The van der Waals surface area contributed by atoms with Gasteiger partial charge in [0.05, 0.1) is 6.61 Å². The Bertz CT molecular complexity index is 163.